The molecule has 0 aliphatic heterocycles. The number of hydrogen-bond donors (Lipinski definition) is 0. The molecule has 0 saturated heterocycles. The molecule has 2 aromatic carbocycles. The molecule has 0 aliphatic rings. The first-order chi connectivity index (χ1) is 7.45. The second-order valence-corrected chi connectivity index (χ2v) is 6.28. The Hall–Kier alpha value is -0.0404. The normalized spacial score (nSPS) is 9.50. The fourth-order valence-corrected chi connectivity index (χ4v) is 4.17. The van der Waals surface area contributed by atoms with Crippen molar-refractivity contribution in [2.75, 3.05) is 0 Å². The van der Waals surface area contributed by atoms with E-state index in [2.05, 4.69) is 60.7 Å². The fraction of sp³-hybridized carbons (Fsp3) is 0.143. The van der Waals surface area contributed by atoms with E-state index in [1.807, 2.05) is 0 Å². The van der Waals surface area contributed by atoms with Crippen molar-refractivity contribution in [3.05, 3.63) is 71.8 Å². The number of benzene rings is 2. The Labute approximate surface area is 125 Å². The van der Waals surface area contributed by atoms with Crippen molar-refractivity contribution in [2.24, 2.45) is 0 Å². The monoisotopic (exact) mass is 440 g/mol. The molecule has 84 valence electrons. The maximum absolute atomic E-state index is 2.23. The van der Waals surface area contributed by atoms with Crippen molar-refractivity contribution in [3.8, 4) is 0 Å². The van der Waals surface area contributed by atoms with E-state index in [4.69, 9.17) is 0 Å². The maximum atomic E-state index is 2.23. The molecule has 0 unspecified atom stereocenters. The molecule has 0 heterocycles. The molecule has 0 spiro atoms. The summed E-state index contributed by atoms with van der Waals surface area (Å²) in [6, 6.07) is 21.6. The van der Waals surface area contributed by atoms with Crippen molar-refractivity contribution in [3.63, 3.8) is 0 Å². The van der Waals surface area contributed by atoms with E-state index in [1.165, 1.54) is 20.1 Å². The van der Waals surface area contributed by atoms with E-state index in [-0.39, 0.29) is 44.9 Å². The van der Waals surface area contributed by atoms with Crippen molar-refractivity contribution >= 4 is 44.9 Å². The van der Waals surface area contributed by atoms with Crippen LogP contribution in [0.2, 0.25) is 0 Å². The minimum absolute atomic E-state index is 0. The molecule has 0 atom stereocenters. The summed E-state index contributed by atoms with van der Waals surface area (Å²) < 4.78 is 2.61. The predicted octanol–water partition coefficient (Wildman–Crippen LogP) is 3.71. The zero-order valence-electron chi connectivity index (χ0n) is 9.00. The fourth-order valence-electron chi connectivity index (χ4n) is 1.44. The molecular formula is C14H15ITe. The summed E-state index contributed by atoms with van der Waals surface area (Å²) >= 11 is 0.0925. The topological polar surface area (TPSA) is 0 Å². The van der Waals surface area contributed by atoms with Crippen molar-refractivity contribution in [2.45, 2.75) is 8.94 Å². The van der Waals surface area contributed by atoms with Crippen molar-refractivity contribution < 1.29 is 0 Å². The molecule has 0 saturated carbocycles. The van der Waals surface area contributed by atoms with Gasteiger partial charge < -0.3 is 0 Å². The van der Waals surface area contributed by atoms with Gasteiger partial charge >= 0.3 is 102 Å². The molecule has 0 N–H and O–H groups in total. The molecule has 0 nitrogen and oxygen atoms in total. The third-order valence-corrected chi connectivity index (χ3v) is 5.29. The Balaban J connectivity index is 0.00000128. The molecule has 0 radical (unpaired) electrons. The zero-order valence-corrected chi connectivity index (χ0v) is 13.7. The third-order valence-electron chi connectivity index (χ3n) is 2.22. The number of hydrogen-bond acceptors (Lipinski definition) is 0. The molecular weight excluding hydrogens is 423 g/mol. The van der Waals surface area contributed by atoms with E-state index >= 15 is 0 Å². The molecule has 0 amide bonds. The summed E-state index contributed by atoms with van der Waals surface area (Å²) in [5.41, 5.74) is 2.99. The van der Waals surface area contributed by atoms with Crippen LogP contribution in [-0.2, 0) is 8.94 Å². The number of rotatable bonds is 4. The van der Waals surface area contributed by atoms with Gasteiger partial charge in [0.2, 0.25) is 0 Å². The van der Waals surface area contributed by atoms with Gasteiger partial charge in [0.05, 0.1) is 0 Å². The number of halogens is 1. The Kier molecular flexibility index (Phi) is 7.11. The van der Waals surface area contributed by atoms with Crippen molar-refractivity contribution in [1.29, 1.82) is 0 Å². The van der Waals surface area contributed by atoms with Crippen LogP contribution in [0.25, 0.3) is 0 Å². The van der Waals surface area contributed by atoms with Gasteiger partial charge in [-0.1, -0.05) is 0 Å². The summed E-state index contributed by atoms with van der Waals surface area (Å²) in [4.78, 5) is 0. The Bertz CT molecular complexity index is 346. The molecule has 0 bridgehead atoms. The second-order valence-electron chi connectivity index (χ2n) is 3.46. The first kappa shape index (κ1) is 14.0. The molecule has 0 aromatic heterocycles. The van der Waals surface area contributed by atoms with Gasteiger partial charge in [-0.3, -0.25) is 0 Å². The van der Waals surface area contributed by atoms with Gasteiger partial charge in [-0.2, -0.15) is 0 Å². The van der Waals surface area contributed by atoms with Crippen LogP contribution in [-0.4, -0.2) is 20.9 Å². The quantitative estimate of drug-likeness (QED) is 0.505. The minimum atomic E-state index is 0. The third kappa shape index (κ3) is 4.86. The molecule has 0 fully saturated rings. The van der Waals surface area contributed by atoms with E-state index < -0.39 is 0 Å². The Morgan fingerprint density at radius 3 is 1.38 bits per heavy atom. The van der Waals surface area contributed by atoms with Gasteiger partial charge in [-0.15, -0.1) is 24.0 Å². The van der Waals surface area contributed by atoms with Crippen LogP contribution < -0.4 is 0 Å². The van der Waals surface area contributed by atoms with Gasteiger partial charge in [0, 0.05) is 0 Å². The first-order valence-electron chi connectivity index (χ1n) is 5.11. The van der Waals surface area contributed by atoms with E-state index in [0.717, 1.165) is 0 Å². The molecule has 2 aromatic rings. The van der Waals surface area contributed by atoms with Crippen LogP contribution in [0.4, 0.5) is 0 Å². The van der Waals surface area contributed by atoms with Gasteiger partial charge in [0.25, 0.3) is 0 Å². The molecule has 2 rings (SSSR count). The first-order valence-corrected chi connectivity index (χ1v) is 8.40. The van der Waals surface area contributed by atoms with Crippen molar-refractivity contribution in [1.82, 2.24) is 0 Å². The van der Waals surface area contributed by atoms with Crippen LogP contribution >= 0.6 is 24.0 Å². The summed E-state index contributed by atoms with van der Waals surface area (Å²) in [5.74, 6) is 0. The summed E-state index contributed by atoms with van der Waals surface area (Å²) in [6.07, 6.45) is 0. The predicted molar refractivity (Wildman–Crippen MR) is 81.5 cm³/mol. The summed E-state index contributed by atoms with van der Waals surface area (Å²) in [6.45, 7) is 0. The average Bonchev–Trinajstić information content (AvgIpc) is 2.32. The van der Waals surface area contributed by atoms with Crippen LogP contribution in [0.1, 0.15) is 11.1 Å². The Morgan fingerprint density at radius 2 is 1.00 bits per heavy atom. The van der Waals surface area contributed by atoms with E-state index in [1.54, 1.807) is 0 Å². The van der Waals surface area contributed by atoms with Gasteiger partial charge in [0.15, 0.2) is 0 Å². The van der Waals surface area contributed by atoms with Crippen LogP contribution in [0.5, 0.6) is 0 Å². The van der Waals surface area contributed by atoms with Gasteiger partial charge in [0.1, 0.15) is 0 Å². The second kappa shape index (κ2) is 8.11. The van der Waals surface area contributed by atoms with Gasteiger partial charge in [-0.05, 0) is 0 Å². The summed E-state index contributed by atoms with van der Waals surface area (Å²) in [5, 5.41) is 0. The SMILES string of the molecule is I.c1ccc(C[Te]Cc2ccccc2)cc1. The molecule has 0 aliphatic carbocycles. The summed E-state index contributed by atoms with van der Waals surface area (Å²) in [7, 11) is 0. The van der Waals surface area contributed by atoms with E-state index in [0.29, 0.717) is 0 Å². The van der Waals surface area contributed by atoms with Crippen LogP contribution in [0, 0.1) is 0 Å². The van der Waals surface area contributed by atoms with Crippen LogP contribution in [0.15, 0.2) is 60.7 Å². The van der Waals surface area contributed by atoms with Crippen LogP contribution in [0.3, 0.4) is 0 Å². The Morgan fingerprint density at radius 1 is 0.625 bits per heavy atom. The van der Waals surface area contributed by atoms with Gasteiger partial charge in [-0.25, -0.2) is 0 Å². The van der Waals surface area contributed by atoms with E-state index in [9.17, 15) is 0 Å². The zero-order chi connectivity index (χ0) is 10.3. The average molecular weight is 438 g/mol. The molecule has 16 heavy (non-hydrogen) atoms. The standard InChI is InChI=1S/C14H14Te.HI/c1-3-7-13(8-4-1)11-15-12-14-9-5-2-6-10-14;/h1-10H,11-12H2;1H. The molecule has 2 heteroatoms.